The standard InChI is InChI=1S/C6H5ClN2O2/c1-4-6(9(10)11)2-5(7)3-8-4/h2-3H,1H3/p+1. The molecular weight excluding hydrogens is 168 g/mol. The number of aryl methyl sites for hydroxylation is 1. The number of nitro groups is 1. The minimum atomic E-state index is -0.474. The molecule has 0 unspecified atom stereocenters. The minimum absolute atomic E-state index is 0.0116. The van der Waals surface area contributed by atoms with Crippen LogP contribution in [0.3, 0.4) is 0 Å². The molecule has 4 nitrogen and oxygen atoms in total. The van der Waals surface area contributed by atoms with E-state index in [4.69, 9.17) is 11.6 Å². The van der Waals surface area contributed by atoms with Crippen molar-refractivity contribution in [2.45, 2.75) is 6.92 Å². The zero-order chi connectivity index (χ0) is 8.43. The quantitative estimate of drug-likeness (QED) is 0.476. The SMILES string of the molecule is Cc1[nH+]cc(Cl)cc1[N+](=O)[O-]. The Bertz CT molecular complexity index is 301. The molecule has 0 aliphatic heterocycles. The molecule has 58 valence electrons. The summed E-state index contributed by atoms with van der Waals surface area (Å²) < 4.78 is 0. The Morgan fingerprint density at radius 1 is 1.73 bits per heavy atom. The monoisotopic (exact) mass is 173 g/mol. The van der Waals surface area contributed by atoms with Gasteiger partial charge >= 0.3 is 5.69 Å². The number of rotatable bonds is 1. The molecule has 0 fully saturated rings. The Balaban J connectivity index is 3.23. The van der Waals surface area contributed by atoms with Crippen LogP contribution >= 0.6 is 11.6 Å². The summed E-state index contributed by atoms with van der Waals surface area (Å²) in [6, 6.07) is 1.31. The molecule has 11 heavy (non-hydrogen) atoms. The molecule has 0 saturated carbocycles. The van der Waals surface area contributed by atoms with E-state index >= 15 is 0 Å². The average molecular weight is 174 g/mol. The molecule has 0 atom stereocenters. The first-order valence-corrected chi connectivity index (χ1v) is 3.31. The predicted molar refractivity (Wildman–Crippen MR) is 39.4 cm³/mol. The van der Waals surface area contributed by atoms with Gasteiger partial charge in [0.05, 0.1) is 4.92 Å². The van der Waals surface area contributed by atoms with Gasteiger partial charge in [0.15, 0.2) is 6.20 Å². The maximum atomic E-state index is 10.3. The number of nitrogens with one attached hydrogen (secondary N) is 1. The van der Waals surface area contributed by atoms with Crippen LogP contribution in [0.25, 0.3) is 0 Å². The Morgan fingerprint density at radius 2 is 2.36 bits per heavy atom. The molecule has 0 saturated heterocycles. The van der Waals surface area contributed by atoms with Crippen molar-refractivity contribution in [1.82, 2.24) is 0 Å². The third-order valence-electron chi connectivity index (χ3n) is 1.28. The van der Waals surface area contributed by atoms with Gasteiger partial charge in [-0.2, -0.15) is 0 Å². The van der Waals surface area contributed by atoms with Crippen LogP contribution in [0.5, 0.6) is 0 Å². The number of aromatic nitrogens is 1. The van der Waals surface area contributed by atoms with E-state index in [-0.39, 0.29) is 5.69 Å². The fraction of sp³-hybridized carbons (Fsp3) is 0.167. The lowest BCUT2D eigenvalue weighted by Crippen LogP contribution is -2.09. The maximum Gasteiger partial charge on any atom is 0.336 e. The van der Waals surface area contributed by atoms with E-state index in [9.17, 15) is 10.1 Å². The van der Waals surface area contributed by atoms with Gasteiger partial charge in [0.2, 0.25) is 0 Å². The second-order valence-corrected chi connectivity index (χ2v) is 2.52. The Hall–Kier alpha value is -1.16. The van der Waals surface area contributed by atoms with Crippen molar-refractivity contribution in [2.24, 2.45) is 0 Å². The van der Waals surface area contributed by atoms with Crippen molar-refractivity contribution < 1.29 is 9.91 Å². The topological polar surface area (TPSA) is 57.3 Å². The van der Waals surface area contributed by atoms with Crippen LogP contribution in [0.1, 0.15) is 5.69 Å². The first kappa shape index (κ1) is 7.94. The molecule has 0 aliphatic carbocycles. The Labute approximate surface area is 68.0 Å². The average Bonchev–Trinajstić information content (AvgIpc) is 1.94. The van der Waals surface area contributed by atoms with Gasteiger partial charge in [-0.15, -0.1) is 0 Å². The lowest BCUT2D eigenvalue weighted by molar-refractivity contribution is -0.426. The van der Waals surface area contributed by atoms with Crippen LogP contribution in [0.15, 0.2) is 12.3 Å². The number of aromatic amines is 1. The highest BCUT2D eigenvalue weighted by atomic mass is 35.5. The maximum absolute atomic E-state index is 10.3. The lowest BCUT2D eigenvalue weighted by atomic mass is 10.3. The van der Waals surface area contributed by atoms with Gasteiger partial charge in [-0.05, 0) is 0 Å². The van der Waals surface area contributed by atoms with Crippen molar-refractivity contribution in [1.29, 1.82) is 0 Å². The fourth-order valence-corrected chi connectivity index (χ4v) is 0.879. The van der Waals surface area contributed by atoms with E-state index in [1.807, 2.05) is 0 Å². The van der Waals surface area contributed by atoms with Crippen molar-refractivity contribution >= 4 is 17.3 Å². The fourth-order valence-electron chi connectivity index (χ4n) is 0.721. The first-order chi connectivity index (χ1) is 5.11. The Kier molecular flexibility index (Phi) is 2.05. The molecule has 0 radical (unpaired) electrons. The van der Waals surface area contributed by atoms with Crippen LogP contribution in [-0.4, -0.2) is 4.92 Å². The molecule has 1 heterocycles. The molecule has 1 aromatic heterocycles. The lowest BCUT2D eigenvalue weighted by Gasteiger charge is -1.89. The van der Waals surface area contributed by atoms with E-state index in [0.717, 1.165) is 0 Å². The molecule has 1 rings (SSSR count). The molecule has 0 spiro atoms. The number of halogens is 1. The highest BCUT2D eigenvalue weighted by Crippen LogP contribution is 2.16. The summed E-state index contributed by atoms with van der Waals surface area (Å²) in [7, 11) is 0. The highest BCUT2D eigenvalue weighted by molar-refractivity contribution is 6.30. The summed E-state index contributed by atoms with van der Waals surface area (Å²) in [5.41, 5.74) is 0.511. The molecule has 5 heteroatoms. The van der Waals surface area contributed by atoms with E-state index in [1.165, 1.54) is 12.3 Å². The highest BCUT2D eigenvalue weighted by Gasteiger charge is 2.16. The molecule has 0 aliphatic rings. The van der Waals surface area contributed by atoms with Crippen LogP contribution in [0.2, 0.25) is 5.02 Å². The number of hydrogen-bond acceptors (Lipinski definition) is 2. The minimum Gasteiger partial charge on any atom is -0.258 e. The van der Waals surface area contributed by atoms with E-state index in [0.29, 0.717) is 10.7 Å². The third kappa shape index (κ3) is 1.65. The molecule has 1 aromatic rings. The van der Waals surface area contributed by atoms with Crippen LogP contribution in [0.4, 0.5) is 5.69 Å². The number of nitrogens with zero attached hydrogens (tertiary/aromatic N) is 1. The summed E-state index contributed by atoms with van der Waals surface area (Å²) in [4.78, 5) is 12.5. The Morgan fingerprint density at radius 3 is 2.82 bits per heavy atom. The number of hydrogen-bond donors (Lipinski definition) is 0. The smallest absolute Gasteiger partial charge is 0.258 e. The molecular formula is C6H6ClN2O2+. The molecule has 0 bridgehead atoms. The van der Waals surface area contributed by atoms with E-state index in [1.54, 1.807) is 6.92 Å². The van der Waals surface area contributed by atoms with E-state index < -0.39 is 4.92 Å². The summed E-state index contributed by atoms with van der Waals surface area (Å²) in [5, 5.41) is 10.6. The predicted octanol–water partition coefficient (Wildman–Crippen LogP) is 1.37. The van der Waals surface area contributed by atoms with Crippen molar-refractivity contribution in [3.05, 3.63) is 33.1 Å². The van der Waals surface area contributed by atoms with Gasteiger partial charge in [-0.25, -0.2) is 4.98 Å². The van der Waals surface area contributed by atoms with Gasteiger partial charge in [0.1, 0.15) is 5.02 Å². The van der Waals surface area contributed by atoms with E-state index in [2.05, 4.69) is 4.98 Å². The molecule has 0 amide bonds. The van der Waals surface area contributed by atoms with Gasteiger partial charge < -0.3 is 0 Å². The summed E-state index contributed by atoms with van der Waals surface area (Å²) in [6.07, 6.45) is 1.50. The van der Waals surface area contributed by atoms with Gasteiger partial charge in [0.25, 0.3) is 5.69 Å². The number of H-pyrrole nitrogens is 1. The summed E-state index contributed by atoms with van der Waals surface area (Å²) in [5.74, 6) is 0. The van der Waals surface area contributed by atoms with Gasteiger partial charge in [-0.3, -0.25) is 10.1 Å². The van der Waals surface area contributed by atoms with Crippen molar-refractivity contribution in [3.8, 4) is 0 Å². The summed E-state index contributed by atoms with van der Waals surface area (Å²) >= 11 is 5.53. The number of pyridine rings is 1. The summed E-state index contributed by atoms with van der Waals surface area (Å²) in [6.45, 7) is 1.62. The zero-order valence-corrected chi connectivity index (χ0v) is 6.55. The largest absolute Gasteiger partial charge is 0.336 e. The third-order valence-corrected chi connectivity index (χ3v) is 1.50. The molecule has 0 aromatic carbocycles. The molecule has 1 N–H and O–H groups in total. The second kappa shape index (κ2) is 2.84. The normalized spacial score (nSPS) is 9.64. The van der Waals surface area contributed by atoms with Crippen molar-refractivity contribution in [3.63, 3.8) is 0 Å². The second-order valence-electron chi connectivity index (χ2n) is 2.09. The van der Waals surface area contributed by atoms with Gasteiger partial charge in [-0.1, -0.05) is 11.6 Å². The zero-order valence-electron chi connectivity index (χ0n) is 5.80. The van der Waals surface area contributed by atoms with Crippen molar-refractivity contribution in [2.75, 3.05) is 0 Å². The van der Waals surface area contributed by atoms with Gasteiger partial charge in [0, 0.05) is 13.0 Å². The van der Waals surface area contributed by atoms with Crippen LogP contribution in [0, 0.1) is 17.0 Å². The van der Waals surface area contributed by atoms with Crippen LogP contribution in [-0.2, 0) is 0 Å². The van der Waals surface area contributed by atoms with Crippen LogP contribution < -0.4 is 4.98 Å². The first-order valence-electron chi connectivity index (χ1n) is 2.93.